The van der Waals surface area contributed by atoms with E-state index in [0.29, 0.717) is 12.2 Å². The molecule has 2 aromatic heterocycles. The third kappa shape index (κ3) is 2.44. The molecule has 0 aliphatic rings. The molecular weight excluding hydrogens is 212 g/mol. The van der Waals surface area contributed by atoms with Gasteiger partial charge in [-0.2, -0.15) is 0 Å². The predicted octanol–water partition coefficient (Wildman–Crippen LogP) is 1.97. The molecule has 2 rings (SSSR count). The second kappa shape index (κ2) is 4.27. The Kier molecular flexibility index (Phi) is 2.82. The van der Waals surface area contributed by atoms with E-state index in [2.05, 4.69) is 10.5 Å². The fraction of sp³-hybridized carbons (Fsp3) is 0.200. The number of nitrogens with one attached hydrogen (secondary N) is 1. The number of carbonyl (C=O) groups excluding carboxylic acids is 1. The highest BCUT2D eigenvalue weighted by Gasteiger charge is 2.10. The molecule has 0 saturated carbocycles. The van der Waals surface area contributed by atoms with E-state index in [1.165, 1.54) is 0 Å². The van der Waals surface area contributed by atoms with Crippen LogP contribution in [-0.4, -0.2) is 11.1 Å². The molecule has 1 N–H and O–H groups in total. The molecule has 0 aliphatic heterocycles. The van der Waals surface area contributed by atoms with E-state index in [-0.39, 0.29) is 11.7 Å². The molecule has 0 unspecified atom stereocenters. The Balaban J connectivity index is 1.93. The summed E-state index contributed by atoms with van der Waals surface area (Å²) in [7, 11) is 0. The van der Waals surface area contributed by atoms with Crippen LogP contribution < -0.4 is 5.32 Å². The number of carbonyl (C=O) groups is 1. The van der Waals surface area contributed by atoms with Crippen LogP contribution in [0.3, 0.4) is 0 Å². The zero-order chi connectivity index (χ0) is 10.7. The normalized spacial score (nSPS) is 10.2. The molecule has 15 heavy (non-hydrogen) atoms. The van der Waals surface area contributed by atoms with Crippen molar-refractivity contribution in [2.24, 2.45) is 0 Å². The minimum absolute atomic E-state index is 0.232. The van der Waals surface area contributed by atoms with Gasteiger partial charge in [-0.25, -0.2) is 0 Å². The van der Waals surface area contributed by atoms with E-state index in [9.17, 15) is 4.79 Å². The fourth-order valence-corrected chi connectivity index (χ4v) is 1.78. The van der Waals surface area contributed by atoms with Crippen molar-refractivity contribution in [1.29, 1.82) is 0 Å². The van der Waals surface area contributed by atoms with Gasteiger partial charge in [-0.1, -0.05) is 11.2 Å². The standard InChI is InChI=1S/C10H10N2O2S/c1-7-5-9(14-12-7)10(13)11-6-8-3-2-4-15-8/h2-5H,6H2,1H3,(H,11,13). The third-order valence-corrected chi connectivity index (χ3v) is 2.73. The number of hydrogen-bond acceptors (Lipinski definition) is 4. The van der Waals surface area contributed by atoms with Gasteiger partial charge >= 0.3 is 0 Å². The summed E-state index contributed by atoms with van der Waals surface area (Å²) in [6.45, 7) is 2.30. The molecule has 0 bridgehead atoms. The molecule has 78 valence electrons. The summed E-state index contributed by atoms with van der Waals surface area (Å²) in [5, 5.41) is 8.37. The average molecular weight is 222 g/mol. The molecule has 0 radical (unpaired) electrons. The highest BCUT2D eigenvalue weighted by molar-refractivity contribution is 7.09. The van der Waals surface area contributed by atoms with Crippen molar-refractivity contribution < 1.29 is 9.32 Å². The molecule has 2 heterocycles. The summed E-state index contributed by atoms with van der Waals surface area (Å²) in [5.41, 5.74) is 0.705. The Hall–Kier alpha value is -1.62. The lowest BCUT2D eigenvalue weighted by Gasteiger charge is -1.98. The minimum atomic E-state index is -0.232. The van der Waals surface area contributed by atoms with E-state index in [1.54, 1.807) is 24.3 Å². The van der Waals surface area contributed by atoms with Gasteiger partial charge < -0.3 is 9.84 Å². The van der Waals surface area contributed by atoms with E-state index < -0.39 is 0 Å². The van der Waals surface area contributed by atoms with Crippen molar-refractivity contribution in [2.45, 2.75) is 13.5 Å². The number of nitrogens with zero attached hydrogens (tertiary/aromatic N) is 1. The Morgan fingerprint density at radius 1 is 1.67 bits per heavy atom. The maximum absolute atomic E-state index is 11.5. The number of rotatable bonds is 3. The van der Waals surface area contributed by atoms with Crippen LogP contribution in [0, 0.1) is 6.92 Å². The molecule has 2 aromatic rings. The first-order valence-electron chi connectivity index (χ1n) is 4.49. The molecule has 1 amide bonds. The summed E-state index contributed by atoms with van der Waals surface area (Å²) < 4.78 is 4.84. The highest BCUT2D eigenvalue weighted by Crippen LogP contribution is 2.08. The molecule has 0 spiro atoms. The van der Waals surface area contributed by atoms with Crippen LogP contribution >= 0.6 is 11.3 Å². The number of amides is 1. The topological polar surface area (TPSA) is 55.1 Å². The van der Waals surface area contributed by atoms with Crippen molar-refractivity contribution in [3.05, 3.63) is 39.9 Å². The zero-order valence-corrected chi connectivity index (χ0v) is 9.00. The first kappa shape index (κ1) is 9.92. The van der Waals surface area contributed by atoms with Crippen LogP contribution in [0.2, 0.25) is 0 Å². The smallest absolute Gasteiger partial charge is 0.290 e. The highest BCUT2D eigenvalue weighted by atomic mass is 32.1. The van der Waals surface area contributed by atoms with Gasteiger partial charge in [0.15, 0.2) is 0 Å². The lowest BCUT2D eigenvalue weighted by atomic mass is 10.3. The second-order valence-corrected chi connectivity index (χ2v) is 4.13. The van der Waals surface area contributed by atoms with Crippen molar-refractivity contribution >= 4 is 17.2 Å². The largest absolute Gasteiger partial charge is 0.351 e. The lowest BCUT2D eigenvalue weighted by Crippen LogP contribution is -2.21. The summed E-state index contributed by atoms with van der Waals surface area (Å²) >= 11 is 1.60. The fourth-order valence-electron chi connectivity index (χ4n) is 1.14. The van der Waals surface area contributed by atoms with E-state index in [0.717, 1.165) is 4.88 Å². The first-order chi connectivity index (χ1) is 7.25. The monoisotopic (exact) mass is 222 g/mol. The van der Waals surface area contributed by atoms with E-state index in [1.807, 2.05) is 17.5 Å². The van der Waals surface area contributed by atoms with Gasteiger partial charge in [-0.05, 0) is 18.4 Å². The Morgan fingerprint density at radius 2 is 2.53 bits per heavy atom. The molecule has 5 heteroatoms. The minimum Gasteiger partial charge on any atom is -0.351 e. The first-order valence-corrected chi connectivity index (χ1v) is 5.37. The van der Waals surface area contributed by atoms with Crippen LogP contribution in [0.1, 0.15) is 21.1 Å². The Morgan fingerprint density at radius 3 is 3.13 bits per heavy atom. The molecule has 0 aromatic carbocycles. The number of hydrogen-bond donors (Lipinski definition) is 1. The van der Waals surface area contributed by atoms with Gasteiger partial charge in [0.1, 0.15) is 0 Å². The zero-order valence-electron chi connectivity index (χ0n) is 8.19. The van der Waals surface area contributed by atoms with Crippen molar-refractivity contribution in [2.75, 3.05) is 0 Å². The molecular formula is C10H10N2O2S. The third-order valence-electron chi connectivity index (χ3n) is 1.86. The average Bonchev–Trinajstić information content (AvgIpc) is 2.84. The van der Waals surface area contributed by atoms with Crippen LogP contribution in [0.4, 0.5) is 0 Å². The quantitative estimate of drug-likeness (QED) is 0.863. The van der Waals surface area contributed by atoms with Crippen molar-refractivity contribution in [1.82, 2.24) is 10.5 Å². The summed E-state index contributed by atoms with van der Waals surface area (Å²) in [5.74, 6) is 0.0213. The van der Waals surface area contributed by atoms with E-state index in [4.69, 9.17) is 4.52 Å². The number of aromatic nitrogens is 1. The SMILES string of the molecule is Cc1cc(C(=O)NCc2cccs2)on1. The molecule has 0 atom stereocenters. The van der Waals surface area contributed by atoms with Crippen LogP contribution in [0.25, 0.3) is 0 Å². The molecule has 0 saturated heterocycles. The van der Waals surface area contributed by atoms with Crippen molar-refractivity contribution in [3.63, 3.8) is 0 Å². The van der Waals surface area contributed by atoms with Gasteiger partial charge in [0, 0.05) is 10.9 Å². The van der Waals surface area contributed by atoms with Gasteiger partial charge in [0.25, 0.3) is 5.91 Å². The Labute approximate surface area is 90.9 Å². The van der Waals surface area contributed by atoms with Crippen LogP contribution in [0.5, 0.6) is 0 Å². The van der Waals surface area contributed by atoms with Crippen LogP contribution in [-0.2, 0) is 6.54 Å². The number of thiophene rings is 1. The maximum Gasteiger partial charge on any atom is 0.290 e. The van der Waals surface area contributed by atoms with Crippen LogP contribution in [0.15, 0.2) is 28.1 Å². The van der Waals surface area contributed by atoms with Crippen molar-refractivity contribution in [3.8, 4) is 0 Å². The van der Waals surface area contributed by atoms with Gasteiger partial charge in [-0.3, -0.25) is 4.79 Å². The maximum atomic E-state index is 11.5. The van der Waals surface area contributed by atoms with Gasteiger partial charge in [0.2, 0.25) is 5.76 Å². The predicted molar refractivity (Wildman–Crippen MR) is 56.7 cm³/mol. The van der Waals surface area contributed by atoms with Gasteiger partial charge in [0.05, 0.1) is 12.2 Å². The molecule has 4 nitrogen and oxygen atoms in total. The molecule has 0 fully saturated rings. The Bertz CT molecular complexity index is 448. The lowest BCUT2D eigenvalue weighted by molar-refractivity contribution is 0.0914. The summed E-state index contributed by atoms with van der Waals surface area (Å²) in [4.78, 5) is 12.6. The van der Waals surface area contributed by atoms with E-state index >= 15 is 0 Å². The second-order valence-electron chi connectivity index (χ2n) is 3.09. The summed E-state index contributed by atoms with van der Waals surface area (Å²) in [6, 6.07) is 5.53. The molecule has 0 aliphatic carbocycles. The summed E-state index contributed by atoms with van der Waals surface area (Å²) in [6.07, 6.45) is 0. The number of aryl methyl sites for hydroxylation is 1. The van der Waals surface area contributed by atoms with Gasteiger partial charge in [-0.15, -0.1) is 11.3 Å².